The molecular formula is C12H19O5P. The van der Waals surface area contributed by atoms with E-state index in [-0.39, 0.29) is 13.2 Å². The zero-order valence-electron chi connectivity index (χ0n) is 10.6. The third-order valence-corrected chi connectivity index (χ3v) is 3.93. The van der Waals surface area contributed by atoms with Gasteiger partial charge >= 0.3 is 7.60 Å². The second kappa shape index (κ2) is 7.67. The van der Waals surface area contributed by atoms with Crippen LogP contribution in [0.3, 0.4) is 0 Å². The van der Waals surface area contributed by atoms with Crippen molar-refractivity contribution in [3.8, 4) is 0 Å². The van der Waals surface area contributed by atoms with Crippen LogP contribution in [0.2, 0.25) is 0 Å². The molecule has 1 N–H and O–H groups in total. The lowest BCUT2D eigenvalue weighted by molar-refractivity contribution is 0.0379. The van der Waals surface area contributed by atoms with Gasteiger partial charge in [-0.25, -0.2) is 0 Å². The second-order valence-electron chi connectivity index (χ2n) is 3.61. The van der Waals surface area contributed by atoms with Crippen LogP contribution in [-0.2, 0) is 18.6 Å². The third kappa shape index (κ3) is 4.52. The number of hydrogen-bond donors (Lipinski definition) is 1. The summed E-state index contributed by atoms with van der Waals surface area (Å²) in [5.41, 5.74) is 0.618. The molecule has 102 valence electrons. The van der Waals surface area contributed by atoms with Gasteiger partial charge in [0.2, 0.25) is 0 Å². The lowest BCUT2D eigenvalue weighted by atomic mass is 10.2. The summed E-state index contributed by atoms with van der Waals surface area (Å²) in [5.74, 6) is -0.978. The summed E-state index contributed by atoms with van der Waals surface area (Å²) in [5, 5.41) is 0. The van der Waals surface area contributed by atoms with Crippen LogP contribution in [0.1, 0.15) is 18.3 Å². The zero-order valence-corrected chi connectivity index (χ0v) is 11.5. The van der Waals surface area contributed by atoms with Crippen molar-refractivity contribution in [3.63, 3.8) is 0 Å². The van der Waals surface area contributed by atoms with Crippen molar-refractivity contribution in [1.82, 2.24) is 0 Å². The van der Waals surface area contributed by atoms with Gasteiger partial charge in [0.05, 0.1) is 19.8 Å². The maximum atomic E-state index is 12.1. The SMILES string of the molecule is CCOP(=O)(O)C(OCCOC)c1ccccc1. The van der Waals surface area contributed by atoms with Crippen LogP contribution in [-0.4, -0.2) is 31.8 Å². The van der Waals surface area contributed by atoms with E-state index in [1.807, 2.05) is 6.07 Å². The number of methoxy groups -OCH3 is 1. The molecule has 1 rings (SSSR count). The predicted octanol–water partition coefficient (Wildman–Crippen LogP) is 2.57. The van der Waals surface area contributed by atoms with Crippen LogP contribution in [0.15, 0.2) is 30.3 Å². The summed E-state index contributed by atoms with van der Waals surface area (Å²) in [6.45, 7) is 2.41. The molecule has 0 spiro atoms. The Hall–Kier alpha value is -0.710. The minimum Gasteiger partial charge on any atom is -0.382 e. The van der Waals surface area contributed by atoms with Gasteiger partial charge in [0.15, 0.2) is 5.85 Å². The van der Waals surface area contributed by atoms with Crippen molar-refractivity contribution in [2.45, 2.75) is 12.8 Å². The maximum Gasteiger partial charge on any atom is 0.361 e. The van der Waals surface area contributed by atoms with Gasteiger partial charge in [-0.2, -0.15) is 0 Å². The van der Waals surface area contributed by atoms with E-state index in [9.17, 15) is 9.46 Å². The van der Waals surface area contributed by atoms with E-state index in [0.29, 0.717) is 12.2 Å². The molecule has 0 aliphatic carbocycles. The number of benzene rings is 1. The summed E-state index contributed by atoms with van der Waals surface area (Å²) >= 11 is 0. The van der Waals surface area contributed by atoms with Gasteiger partial charge in [-0.05, 0) is 12.5 Å². The van der Waals surface area contributed by atoms with E-state index in [1.54, 1.807) is 38.3 Å². The van der Waals surface area contributed by atoms with Gasteiger partial charge in [-0.3, -0.25) is 4.57 Å². The first-order valence-corrected chi connectivity index (χ1v) is 7.39. The standard InChI is InChI=1S/C12H19O5P/c1-3-17-18(13,14)12(16-10-9-15-2)11-7-5-4-6-8-11/h4-8,12H,3,9-10H2,1-2H3,(H,13,14). The summed E-state index contributed by atoms with van der Waals surface area (Å²) < 4.78 is 27.3. The molecule has 1 aromatic carbocycles. The Bertz CT molecular complexity index is 381. The normalized spacial score (nSPS) is 16.2. The fourth-order valence-electron chi connectivity index (χ4n) is 1.49. The molecule has 0 amide bonds. The highest BCUT2D eigenvalue weighted by Gasteiger charge is 2.34. The molecule has 0 aromatic heterocycles. The van der Waals surface area contributed by atoms with E-state index in [0.717, 1.165) is 0 Å². The molecule has 0 bridgehead atoms. The lowest BCUT2D eigenvalue weighted by Gasteiger charge is -2.22. The molecule has 0 aliphatic heterocycles. The first kappa shape index (κ1) is 15.3. The molecule has 5 nitrogen and oxygen atoms in total. The maximum absolute atomic E-state index is 12.1. The van der Waals surface area contributed by atoms with Crippen LogP contribution >= 0.6 is 7.60 Å². The van der Waals surface area contributed by atoms with Gasteiger partial charge in [-0.15, -0.1) is 0 Å². The quantitative estimate of drug-likeness (QED) is 0.583. The van der Waals surface area contributed by atoms with Crippen molar-refractivity contribution in [2.24, 2.45) is 0 Å². The van der Waals surface area contributed by atoms with Gasteiger partial charge in [0.25, 0.3) is 0 Å². The number of rotatable bonds is 8. The zero-order chi connectivity index (χ0) is 13.4. The highest BCUT2D eigenvalue weighted by atomic mass is 31.2. The molecule has 6 heteroatoms. The molecule has 2 unspecified atom stereocenters. The minimum absolute atomic E-state index is 0.157. The molecule has 0 saturated heterocycles. The molecule has 2 atom stereocenters. The van der Waals surface area contributed by atoms with E-state index in [1.165, 1.54) is 0 Å². The fraction of sp³-hybridized carbons (Fsp3) is 0.500. The van der Waals surface area contributed by atoms with Crippen LogP contribution in [0.25, 0.3) is 0 Å². The van der Waals surface area contributed by atoms with Gasteiger partial charge < -0.3 is 18.9 Å². The average Bonchev–Trinajstić information content (AvgIpc) is 2.35. The predicted molar refractivity (Wildman–Crippen MR) is 68.5 cm³/mol. The molecule has 0 fully saturated rings. The highest BCUT2D eigenvalue weighted by Crippen LogP contribution is 2.56. The Morgan fingerprint density at radius 1 is 1.28 bits per heavy atom. The van der Waals surface area contributed by atoms with Crippen molar-refractivity contribution >= 4 is 7.60 Å². The Morgan fingerprint density at radius 2 is 1.94 bits per heavy atom. The highest BCUT2D eigenvalue weighted by molar-refractivity contribution is 7.53. The Labute approximate surface area is 107 Å². The summed E-state index contributed by atoms with van der Waals surface area (Å²) in [4.78, 5) is 9.89. The minimum atomic E-state index is -3.84. The first-order chi connectivity index (χ1) is 8.61. The van der Waals surface area contributed by atoms with Crippen molar-refractivity contribution in [1.29, 1.82) is 0 Å². The van der Waals surface area contributed by atoms with E-state index < -0.39 is 13.4 Å². The fourth-order valence-corrected chi connectivity index (χ4v) is 2.84. The summed E-state index contributed by atoms with van der Waals surface area (Å²) in [6, 6.07) is 8.87. The largest absolute Gasteiger partial charge is 0.382 e. The molecule has 0 saturated carbocycles. The molecular weight excluding hydrogens is 255 g/mol. The lowest BCUT2D eigenvalue weighted by Crippen LogP contribution is -2.11. The van der Waals surface area contributed by atoms with Crippen molar-refractivity contribution < 1.29 is 23.5 Å². The van der Waals surface area contributed by atoms with Crippen LogP contribution in [0.5, 0.6) is 0 Å². The molecule has 0 aliphatic rings. The Kier molecular flexibility index (Phi) is 6.54. The smallest absolute Gasteiger partial charge is 0.361 e. The summed E-state index contributed by atoms with van der Waals surface area (Å²) in [7, 11) is -2.30. The molecule has 18 heavy (non-hydrogen) atoms. The van der Waals surface area contributed by atoms with E-state index in [4.69, 9.17) is 14.0 Å². The van der Waals surface area contributed by atoms with E-state index >= 15 is 0 Å². The van der Waals surface area contributed by atoms with Crippen molar-refractivity contribution in [3.05, 3.63) is 35.9 Å². The first-order valence-electron chi connectivity index (χ1n) is 5.74. The Morgan fingerprint density at radius 3 is 2.50 bits per heavy atom. The molecule has 0 heterocycles. The van der Waals surface area contributed by atoms with Gasteiger partial charge in [0.1, 0.15) is 0 Å². The van der Waals surface area contributed by atoms with Gasteiger partial charge in [-0.1, -0.05) is 30.3 Å². The van der Waals surface area contributed by atoms with Gasteiger partial charge in [0, 0.05) is 7.11 Å². The number of hydrogen-bond acceptors (Lipinski definition) is 4. The molecule has 1 aromatic rings. The van der Waals surface area contributed by atoms with E-state index in [2.05, 4.69) is 0 Å². The number of ether oxygens (including phenoxy) is 2. The molecule has 0 radical (unpaired) electrons. The third-order valence-electron chi connectivity index (χ3n) is 2.26. The topological polar surface area (TPSA) is 65.0 Å². The van der Waals surface area contributed by atoms with Crippen LogP contribution < -0.4 is 0 Å². The Balaban J connectivity index is 2.85. The monoisotopic (exact) mass is 274 g/mol. The second-order valence-corrected chi connectivity index (χ2v) is 5.46. The van der Waals surface area contributed by atoms with Crippen LogP contribution in [0, 0.1) is 0 Å². The average molecular weight is 274 g/mol. The summed E-state index contributed by atoms with van der Waals surface area (Å²) in [6.07, 6.45) is 0. The van der Waals surface area contributed by atoms with Crippen LogP contribution in [0.4, 0.5) is 0 Å². The van der Waals surface area contributed by atoms with Crippen molar-refractivity contribution in [2.75, 3.05) is 26.9 Å².